The van der Waals surface area contributed by atoms with Crippen LogP contribution in [0.2, 0.25) is 0 Å². The van der Waals surface area contributed by atoms with Crippen molar-refractivity contribution in [3.05, 3.63) is 52.5 Å². The molecule has 0 bridgehead atoms. The lowest BCUT2D eigenvalue weighted by molar-refractivity contribution is -0.142. The molecule has 1 aliphatic heterocycles. The average Bonchev–Trinajstić information content (AvgIpc) is 3.00. The predicted octanol–water partition coefficient (Wildman–Crippen LogP) is 3.65. The molecule has 28 heavy (non-hydrogen) atoms. The van der Waals surface area contributed by atoms with Crippen molar-refractivity contribution in [3.8, 4) is 5.75 Å². The van der Waals surface area contributed by atoms with Crippen LogP contribution in [0.4, 0.5) is 14.5 Å². The second-order valence-corrected chi connectivity index (χ2v) is 7.56. The van der Waals surface area contributed by atoms with E-state index in [0.717, 1.165) is 29.0 Å². The number of hydrogen-bond acceptors (Lipinski definition) is 5. The number of anilines is 1. The molecule has 1 unspecified atom stereocenters. The van der Waals surface area contributed by atoms with Gasteiger partial charge in [-0.25, -0.2) is 13.8 Å². The zero-order valence-electron chi connectivity index (χ0n) is 14.6. The van der Waals surface area contributed by atoms with Crippen molar-refractivity contribution in [1.29, 1.82) is 0 Å². The lowest BCUT2D eigenvalue weighted by Gasteiger charge is -2.33. The summed E-state index contributed by atoms with van der Waals surface area (Å²) in [6, 6.07) is 7.32. The van der Waals surface area contributed by atoms with Crippen molar-refractivity contribution in [1.82, 2.24) is 4.98 Å². The van der Waals surface area contributed by atoms with Crippen molar-refractivity contribution < 1.29 is 28.2 Å². The van der Waals surface area contributed by atoms with Gasteiger partial charge in [0.1, 0.15) is 10.8 Å². The molecule has 1 atom stereocenters. The topological polar surface area (TPSA) is 79.7 Å². The molecule has 0 saturated heterocycles. The van der Waals surface area contributed by atoms with E-state index >= 15 is 0 Å². The summed E-state index contributed by atoms with van der Waals surface area (Å²) in [6.45, 7) is 1.90. The number of carbonyl (C=O) groups excluding carboxylic acids is 1. The van der Waals surface area contributed by atoms with E-state index < -0.39 is 36.0 Å². The molecule has 144 valence electrons. The van der Waals surface area contributed by atoms with Gasteiger partial charge in [0.2, 0.25) is 0 Å². The van der Waals surface area contributed by atoms with Gasteiger partial charge < -0.3 is 9.84 Å². The van der Waals surface area contributed by atoms with Crippen molar-refractivity contribution >= 4 is 39.1 Å². The Morgan fingerprint density at radius 2 is 2.04 bits per heavy atom. The summed E-state index contributed by atoms with van der Waals surface area (Å²) in [5.41, 5.74) is 1.69. The smallest absolute Gasteiger partial charge is 0.307 e. The number of amides is 1. The van der Waals surface area contributed by atoms with E-state index in [1.807, 2.05) is 6.92 Å². The molecule has 0 spiro atoms. The SMILES string of the molecule is Cc1ccc2c(c1)N(Cc1nc3cc(F)c(F)cc3s1)C(=O)C(CC(=O)O)O2. The molecule has 1 amide bonds. The van der Waals surface area contributed by atoms with Crippen LogP contribution >= 0.6 is 11.3 Å². The maximum atomic E-state index is 13.5. The van der Waals surface area contributed by atoms with E-state index in [9.17, 15) is 18.4 Å². The van der Waals surface area contributed by atoms with Crippen LogP contribution in [0.5, 0.6) is 5.75 Å². The Balaban J connectivity index is 1.73. The number of rotatable bonds is 4. The van der Waals surface area contributed by atoms with Gasteiger partial charge in [-0.3, -0.25) is 14.5 Å². The van der Waals surface area contributed by atoms with Crippen molar-refractivity contribution in [3.63, 3.8) is 0 Å². The van der Waals surface area contributed by atoms with E-state index in [1.54, 1.807) is 18.2 Å². The molecule has 0 fully saturated rings. The van der Waals surface area contributed by atoms with Crippen molar-refractivity contribution in [2.45, 2.75) is 26.0 Å². The van der Waals surface area contributed by atoms with E-state index in [1.165, 1.54) is 4.90 Å². The Morgan fingerprint density at radius 3 is 2.79 bits per heavy atom. The number of thiazole rings is 1. The fraction of sp³-hybridized carbons (Fsp3) is 0.211. The molecule has 1 aromatic heterocycles. The van der Waals surface area contributed by atoms with Gasteiger partial charge in [-0.05, 0) is 30.7 Å². The van der Waals surface area contributed by atoms with Crippen molar-refractivity contribution in [2.75, 3.05) is 4.90 Å². The summed E-state index contributed by atoms with van der Waals surface area (Å²) >= 11 is 1.14. The second-order valence-electron chi connectivity index (χ2n) is 6.44. The minimum atomic E-state index is -1.16. The Morgan fingerprint density at radius 1 is 1.29 bits per heavy atom. The maximum Gasteiger partial charge on any atom is 0.307 e. The number of fused-ring (bicyclic) bond motifs is 2. The Bertz CT molecular complexity index is 1080. The number of nitrogens with zero attached hydrogens (tertiary/aromatic N) is 2. The first-order valence-electron chi connectivity index (χ1n) is 8.37. The van der Waals surface area contributed by atoms with Gasteiger partial charge in [0, 0.05) is 6.07 Å². The van der Waals surface area contributed by atoms with Crippen molar-refractivity contribution in [2.24, 2.45) is 0 Å². The number of hydrogen-bond donors (Lipinski definition) is 1. The summed E-state index contributed by atoms with van der Waals surface area (Å²) in [4.78, 5) is 29.6. The molecule has 0 saturated carbocycles. The van der Waals surface area contributed by atoms with Crippen LogP contribution in [0, 0.1) is 18.6 Å². The Kier molecular flexibility index (Phi) is 4.46. The van der Waals surface area contributed by atoms with Gasteiger partial charge in [-0.2, -0.15) is 0 Å². The molecule has 0 radical (unpaired) electrons. The van der Waals surface area contributed by atoms with Crippen LogP contribution in [0.3, 0.4) is 0 Å². The van der Waals surface area contributed by atoms with E-state index in [2.05, 4.69) is 4.98 Å². The highest BCUT2D eigenvalue weighted by molar-refractivity contribution is 7.18. The number of halogens is 2. The number of carbonyl (C=O) groups is 2. The van der Waals surface area contributed by atoms with Gasteiger partial charge in [-0.15, -0.1) is 11.3 Å². The van der Waals surface area contributed by atoms with E-state index in [0.29, 0.717) is 26.7 Å². The third-order valence-electron chi connectivity index (χ3n) is 4.34. The summed E-state index contributed by atoms with van der Waals surface area (Å²) in [5, 5.41) is 9.54. The minimum Gasteiger partial charge on any atom is -0.481 e. The summed E-state index contributed by atoms with van der Waals surface area (Å²) in [5.74, 6) is -3.21. The first-order valence-corrected chi connectivity index (χ1v) is 9.18. The first kappa shape index (κ1) is 18.3. The third-order valence-corrected chi connectivity index (χ3v) is 5.35. The molecule has 2 heterocycles. The van der Waals surface area contributed by atoms with Crippen LogP contribution in [-0.2, 0) is 16.1 Å². The van der Waals surface area contributed by atoms with Crippen LogP contribution in [0.1, 0.15) is 17.0 Å². The van der Waals surface area contributed by atoms with Crippen LogP contribution < -0.4 is 9.64 Å². The number of carboxylic acid groups (broad SMARTS) is 1. The summed E-state index contributed by atoms with van der Waals surface area (Å²) < 4.78 is 32.9. The third kappa shape index (κ3) is 3.29. The largest absolute Gasteiger partial charge is 0.481 e. The Labute approximate surface area is 162 Å². The standard InChI is InChI=1S/C19H14F2N2O4S/c1-9-2-3-14-13(4-9)23(19(26)15(27-14)7-18(24)25)8-17-22-12-5-10(20)11(21)6-16(12)28-17/h2-6,15H,7-8H2,1H3,(H,24,25). The maximum absolute atomic E-state index is 13.5. The summed E-state index contributed by atoms with van der Waals surface area (Å²) in [6.07, 6.45) is -1.63. The monoisotopic (exact) mass is 404 g/mol. The molecule has 6 nitrogen and oxygen atoms in total. The fourth-order valence-electron chi connectivity index (χ4n) is 3.06. The number of aromatic nitrogens is 1. The average molecular weight is 404 g/mol. The van der Waals surface area contributed by atoms with Gasteiger partial charge in [0.25, 0.3) is 5.91 Å². The molecule has 1 aliphatic rings. The molecular formula is C19H14F2N2O4S. The number of aliphatic carboxylic acids is 1. The normalized spacial score (nSPS) is 16.2. The van der Waals surface area contributed by atoms with Gasteiger partial charge >= 0.3 is 5.97 Å². The number of ether oxygens (including phenoxy) is 1. The Hall–Kier alpha value is -3.07. The van der Waals surface area contributed by atoms with Crippen LogP contribution in [0.25, 0.3) is 10.2 Å². The summed E-state index contributed by atoms with van der Waals surface area (Å²) in [7, 11) is 0. The predicted molar refractivity (Wildman–Crippen MR) is 98.6 cm³/mol. The van der Waals surface area contributed by atoms with E-state index in [4.69, 9.17) is 9.84 Å². The fourth-order valence-corrected chi connectivity index (χ4v) is 4.02. The zero-order chi connectivity index (χ0) is 20.0. The highest BCUT2D eigenvalue weighted by Gasteiger charge is 2.36. The molecule has 3 aromatic rings. The highest BCUT2D eigenvalue weighted by atomic mass is 32.1. The van der Waals surface area contributed by atoms with Gasteiger partial charge in [-0.1, -0.05) is 6.07 Å². The van der Waals surface area contributed by atoms with Gasteiger partial charge in [0.15, 0.2) is 17.7 Å². The number of carboxylic acids is 1. The molecule has 0 aliphatic carbocycles. The van der Waals surface area contributed by atoms with E-state index in [-0.39, 0.29) is 6.54 Å². The number of benzene rings is 2. The first-order chi connectivity index (χ1) is 13.3. The highest BCUT2D eigenvalue weighted by Crippen LogP contribution is 2.37. The lowest BCUT2D eigenvalue weighted by Crippen LogP contribution is -2.46. The zero-order valence-corrected chi connectivity index (χ0v) is 15.4. The molecule has 2 aromatic carbocycles. The quantitative estimate of drug-likeness (QED) is 0.718. The molecule has 4 rings (SSSR count). The van der Waals surface area contributed by atoms with Gasteiger partial charge in [0.05, 0.1) is 28.9 Å². The molecular weight excluding hydrogens is 390 g/mol. The second kappa shape index (κ2) is 6.83. The molecule has 9 heteroatoms. The molecule has 1 N–H and O–H groups in total. The lowest BCUT2D eigenvalue weighted by atomic mass is 10.1. The number of aryl methyl sites for hydroxylation is 1. The van der Waals surface area contributed by atoms with Crippen LogP contribution in [-0.4, -0.2) is 28.1 Å². The van der Waals surface area contributed by atoms with Crippen LogP contribution in [0.15, 0.2) is 30.3 Å². The minimum absolute atomic E-state index is 0.0390.